The minimum Gasteiger partial charge on any atom is -0.327 e. The van der Waals surface area contributed by atoms with Crippen LogP contribution in [-0.4, -0.2) is 15.6 Å². The zero-order chi connectivity index (χ0) is 14.8. The molecule has 0 aliphatic heterocycles. The van der Waals surface area contributed by atoms with E-state index in [0.717, 1.165) is 47.7 Å². The first-order valence-electron chi connectivity index (χ1n) is 8.12. The molecule has 0 saturated heterocycles. The summed E-state index contributed by atoms with van der Waals surface area (Å²) in [5.41, 5.74) is 8.53. The van der Waals surface area contributed by atoms with E-state index in [2.05, 4.69) is 17.6 Å². The van der Waals surface area contributed by atoms with E-state index in [-0.39, 0.29) is 6.04 Å². The predicted octanol–water partition coefficient (Wildman–Crippen LogP) is 4.47. The van der Waals surface area contributed by atoms with Gasteiger partial charge in [-0.1, -0.05) is 43.9 Å². The van der Waals surface area contributed by atoms with Gasteiger partial charge in [-0.2, -0.15) is 0 Å². The summed E-state index contributed by atoms with van der Waals surface area (Å²) in [5, 5.41) is 0.793. The molecule has 3 nitrogen and oxygen atoms in total. The zero-order valence-electron chi connectivity index (χ0n) is 12.7. The standard InChI is InChI=1S/C17H24ClN3/c1-2-11-21-16-13(18)8-6-10-15(16)20-17(21)12-7-4-3-5-9-14(12)19/h6,8,10,12,14H,2-5,7,9,11,19H2,1H3. The molecule has 2 unspecified atom stereocenters. The molecule has 2 atom stereocenters. The third-order valence-electron chi connectivity index (χ3n) is 4.60. The lowest BCUT2D eigenvalue weighted by molar-refractivity contribution is 0.463. The van der Waals surface area contributed by atoms with Crippen molar-refractivity contribution in [1.82, 2.24) is 9.55 Å². The largest absolute Gasteiger partial charge is 0.327 e. The molecule has 0 bridgehead atoms. The van der Waals surface area contributed by atoms with Crippen LogP contribution in [0.15, 0.2) is 18.2 Å². The Morgan fingerprint density at radius 1 is 1.29 bits per heavy atom. The van der Waals surface area contributed by atoms with Gasteiger partial charge in [-0.05, 0) is 31.4 Å². The smallest absolute Gasteiger partial charge is 0.114 e. The minimum atomic E-state index is 0.221. The number of nitrogens with zero attached hydrogens (tertiary/aromatic N) is 2. The molecule has 4 heteroatoms. The molecule has 1 aromatic carbocycles. The SMILES string of the molecule is CCCn1c(C2CCCCCC2N)nc2cccc(Cl)c21. The Kier molecular flexibility index (Phi) is 4.51. The second kappa shape index (κ2) is 6.37. The van der Waals surface area contributed by atoms with Crippen LogP contribution in [0.25, 0.3) is 11.0 Å². The molecular weight excluding hydrogens is 282 g/mol. The lowest BCUT2D eigenvalue weighted by atomic mass is 9.94. The average molecular weight is 306 g/mol. The second-order valence-electron chi connectivity index (χ2n) is 6.14. The first-order chi connectivity index (χ1) is 10.2. The number of fused-ring (bicyclic) bond motifs is 1. The number of benzene rings is 1. The Balaban J connectivity index is 2.12. The highest BCUT2D eigenvalue weighted by Crippen LogP contribution is 2.34. The first kappa shape index (κ1) is 14.9. The molecular formula is C17H24ClN3. The first-order valence-corrected chi connectivity index (χ1v) is 8.50. The van der Waals surface area contributed by atoms with E-state index in [9.17, 15) is 0 Å². The van der Waals surface area contributed by atoms with Crippen LogP contribution in [0.1, 0.15) is 57.2 Å². The van der Waals surface area contributed by atoms with Gasteiger partial charge < -0.3 is 10.3 Å². The number of hydrogen-bond donors (Lipinski definition) is 1. The number of halogens is 1. The Morgan fingerprint density at radius 3 is 2.90 bits per heavy atom. The summed E-state index contributed by atoms with van der Waals surface area (Å²) in [6.45, 7) is 3.15. The molecule has 2 aromatic rings. The maximum absolute atomic E-state index is 6.45. The highest BCUT2D eigenvalue weighted by molar-refractivity contribution is 6.35. The van der Waals surface area contributed by atoms with Gasteiger partial charge in [0.1, 0.15) is 5.82 Å². The molecule has 1 fully saturated rings. The Hall–Kier alpha value is -1.06. The van der Waals surface area contributed by atoms with E-state index >= 15 is 0 Å². The summed E-state index contributed by atoms with van der Waals surface area (Å²) in [6.07, 6.45) is 7.11. The summed E-state index contributed by atoms with van der Waals surface area (Å²) >= 11 is 6.43. The summed E-state index contributed by atoms with van der Waals surface area (Å²) < 4.78 is 2.31. The third-order valence-corrected chi connectivity index (χ3v) is 4.90. The quantitative estimate of drug-likeness (QED) is 0.850. The van der Waals surface area contributed by atoms with Crippen molar-refractivity contribution in [2.45, 2.75) is 64.0 Å². The number of para-hydroxylation sites is 1. The summed E-state index contributed by atoms with van der Waals surface area (Å²) in [5.74, 6) is 1.51. The summed E-state index contributed by atoms with van der Waals surface area (Å²) in [4.78, 5) is 4.91. The fourth-order valence-corrected chi connectivity index (χ4v) is 3.82. The molecule has 3 rings (SSSR count). The van der Waals surface area contributed by atoms with Crippen molar-refractivity contribution < 1.29 is 0 Å². The van der Waals surface area contributed by atoms with Crippen molar-refractivity contribution in [3.05, 3.63) is 29.0 Å². The summed E-state index contributed by atoms with van der Waals surface area (Å²) in [6, 6.07) is 6.21. The van der Waals surface area contributed by atoms with Gasteiger partial charge in [-0.15, -0.1) is 0 Å². The minimum absolute atomic E-state index is 0.221. The van der Waals surface area contributed by atoms with Gasteiger partial charge in [-0.25, -0.2) is 4.98 Å². The normalized spacial score (nSPS) is 23.4. The van der Waals surface area contributed by atoms with Crippen LogP contribution in [0.5, 0.6) is 0 Å². The molecule has 114 valence electrons. The number of nitrogens with two attached hydrogens (primary N) is 1. The maximum Gasteiger partial charge on any atom is 0.114 e. The number of rotatable bonds is 3. The van der Waals surface area contributed by atoms with Crippen LogP contribution >= 0.6 is 11.6 Å². The van der Waals surface area contributed by atoms with Crippen molar-refractivity contribution in [3.63, 3.8) is 0 Å². The number of imidazole rings is 1. The van der Waals surface area contributed by atoms with Crippen LogP contribution < -0.4 is 5.73 Å². The van der Waals surface area contributed by atoms with E-state index in [1.807, 2.05) is 12.1 Å². The van der Waals surface area contributed by atoms with Gasteiger partial charge in [-0.3, -0.25) is 0 Å². The van der Waals surface area contributed by atoms with Gasteiger partial charge in [0.2, 0.25) is 0 Å². The molecule has 1 aromatic heterocycles. The molecule has 21 heavy (non-hydrogen) atoms. The fraction of sp³-hybridized carbons (Fsp3) is 0.588. The van der Waals surface area contributed by atoms with E-state index in [1.54, 1.807) is 0 Å². The van der Waals surface area contributed by atoms with Crippen LogP contribution in [0.3, 0.4) is 0 Å². The average Bonchev–Trinajstić information content (AvgIpc) is 2.69. The molecule has 1 aliphatic rings. The number of aromatic nitrogens is 2. The number of aryl methyl sites for hydroxylation is 1. The zero-order valence-corrected chi connectivity index (χ0v) is 13.4. The maximum atomic E-state index is 6.45. The molecule has 0 spiro atoms. The van der Waals surface area contributed by atoms with E-state index in [4.69, 9.17) is 22.3 Å². The van der Waals surface area contributed by atoms with Crippen LogP contribution in [0.2, 0.25) is 5.02 Å². The van der Waals surface area contributed by atoms with Crippen LogP contribution in [-0.2, 0) is 6.54 Å². The Bertz CT molecular complexity index is 620. The van der Waals surface area contributed by atoms with Crippen molar-refractivity contribution >= 4 is 22.6 Å². The lowest BCUT2D eigenvalue weighted by Gasteiger charge is -2.22. The topological polar surface area (TPSA) is 43.8 Å². The molecule has 1 aliphatic carbocycles. The van der Waals surface area contributed by atoms with Crippen LogP contribution in [0, 0.1) is 0 Å². The molecule has 0 radical (unpaired) electrons. The molecule has 1 heterocycles. The molecule has 1 saturated carbocycles. The number of hydrogen-bond acceptors (Lipinski definition) is 2. The monoisotopic (exact) mass is 305 g/mol. The van der Waals surface area contributed by atoms with E-state index in [0.29, 0.717) is 5.92 Å². The van der Waals surface area contributed by atoms with Gasteiger partial charge in [0, 0.05) is 18.5 Å². The lowest BCUT2D eigenvalue weighted by Crippen LogP contribution is -2.29. The van der Waals surface area contributed by atoms with Gasteiger partial charge in [0.25, 0.3) is 0 Å². The highest BCUT2D eigenvalue weighted by atomic mass is 35.5. The molecule has 2 N–H and O–H groups in total. The highest BCUT2D eigenvalue weighted by Gasteiger charge is 2.27. The van der Waals surface area contributed by atoms with Crippen LogP contribution in [0.4, 0.5) is 0 Å². The summed E-state index contributed by atoms with van der Waals surface area (Å²) in [7, 11) is 0. The van der Waals surface area contributed by atoms with Gasteiger partial charge in [0.15, 0.2) is 0 Å². The van der Waals surface area contributed by atoms with E-state index in [1.165, 1.54) is 19.3 Å². The van der Waals surface area contributed by atoms with E-state index < -0.39 is 0 Å². The van der Waals surface area contributed by atoms with Gasteiger partial charge >= 0.3 is 0 Å². The van der Waals surface area contributed by atoms with Gasteiger partial charge in [0.05, 0.1) is 16.1 Å². The van der Waals surface area contributed by atoms with Crippen molar-refractivity contribution in [2.24, 2.45) is 5.73 Å². The third kappa shape index (κ3) is 2.82. The molecule has 0 amide bonds. The van der Waals surface area contributed by atoms with Crippen molar-refractivity contribution in [3.8, 4) is 0 Å². The van der Waals surface area contributed by atoms with Crippen molar-refractivity contribution in [1.29, 1.82) is 0 Å². The Labute approximate surface area is 131 Å². The fourth-order valence-electron chi connectivity index (χ4n) is 3.55. The Morgan fingerprint density at radius 2 is 2.10 bits per heavy atom. The predicted molar refractivity (Wildman–Crippen MR) is 88.8 cm³/mol. The second-order valence-corrected chi connectivity index (χ2v) is 6.54. The van der Waals surface area contributed by atoms with Crippen molar-refractivity contribution in [2.75, 3.05) is 0 Å².